The lowest BCUT2D eigenvalue weighted by Gasteiger charge is -2.17. The van der Waals surface area contributed by atoms with Gasteiger partial charge in [0.05, 0.1) is 0 Å². The van der Waals surface area contributed by atoms with Crippen molar-refractivity contribution in [3.63, 3.8) is 0 Å². The van der Waals surface area contributed by atoms with Crippen LogP contribution in [0.1, 0.15) is 30.0 Å². The summed E-state index contributed by atoms with van der Waals surface area (Å²) >= 11 is 1.35. The minimum absolute atomic E-state index is 0.219. The van der Waals surface area contributed by atoms with E-state index in [2.05, 4.69) is 21.6 Å². The molecule has 0 saturated heterocycles. The molecule has 0 unspecified atom stereocenters. The number of amides is 1. The molecular formula is C21H23N3O2S. The SMILES string of the molecule is CC[C@@H](Oc1cc(C)cc(C)c1)C(=O)Nc1nnc(-c2ccc(C)cc2)s1. The summed E-state index contributed by atoms with van der Waals surface area (Å²) in [4.78, 5) is 12.6. The van der Waals surface area contributed by atoms with Gasteiger partial charge >= 0.3 is 0 Å². The van der Waals surface area contributed by atoms with Crippen LogP contribution in [0.25, 0.3) is 10.6 Å². The van der Waals surface area contributed by atoms with Crippen LogP contribution in [0.3, 0.4) is 0 Å². The molecule has 0 saturated carbocycles. The molecule has 6 heteroatoms. The Bertz CT molecular complexity index is 915. The number of hydrogen-bond donors (Lipinski definition) is 1. The summed E-state index contributed by atoms with van der Waals surface area (Å²) in [5.74, 6) is 0.482. The monoisotopic (exact) mass is 381 g/mol. The molecule has 1 atom stereocenters. The van der Waals surface area contributed by atoms with Crippen LogP contribution in [0.5, 0.6) is 5.75 Å². The third kappa shape index (κ3) is 4.92. The molecule has 2 aromatic carbocycles. The number of carbonyl (C=O) groups excluding carboxylic acids is 1. The van der Waals surface area contributed by atoms with Gasteiger partial charge in [0.25, 0.3) is 5.91 Å². The zero-order chi connectivity index (χ0) is 19.4. The first kappa shape index (κ1) is 19.0. The average molecular weight is 382 g/mol. The smallest absolute Gasteiger partial charge is 0.267 e. The molecule has 0 radical (unpaired) electrons. The maximum Gasteiger partial charge on any atom is 0.267 e. The van der Waals surface area contributed by atoms with Gasteiger partial charge in [0.2, 0.25) is 5.13 Å². The van der Waals surface area contributed by atoms with E-state index in [1.165, 1.54) is 16.9 Å². The number of aryl methyl sites for hydroxylation is 3. The Labute approximate surface area is 163 Å². The van der Waals surface area contributed by atoms with Crippen molar-refractivity contribution in [1.29, 1.82) is 0 Å². The first-order chi connectivity index (χ1) is 12.9. The first-order valence-corrected chi connectivity index (χ1v) is 9.72. The van der Waals surface area contributed by atoms with Crippen LogP contribution in [0.15, 0.2) is 42.5 Å². The van der Waals surface area contributed by atoms with Gasteiger partial charge in [-0.3, -0.25) is 10.1 Å². The second-order valence-corrected chi connectivity index (χ2v) is 7.58. The molecular weight excluding hydrogens is 358 g/mol. The Kier molecular flexibility index (Phi) is 5.86. The van der Waals surface area contributed by atoms with Crippen LogP contribution in [-0.4, -0.2) is 22.2 Å². The molecule has 140 valence electrons. The predicted molar refractivity (Wildman–Crippen MR) is 109 cm³/mol. The van der Waals surface area contributed by atoms with Crippen molar-refractivity contribution in [3.8, 4) is 16.3 Å². The normalized spacial score (nSPS) is 11.9. The molecule has 1 amide bonds. The summed E-state index contributed by atoms with van der Waals surface area (Å²) in [6.07, 6.45) is -0.0273. The van der Waals surface area contributed by atoms with E-state index in [1.54, 1.807) is 0 Å². The molecule has 1 aromatic heterocycles. The van der Waals surface area contributed by atoms with E-state index in [0.717, 1.165) is 21.7 Å². The summed E-state index contributed by atoms with van der Waals surface area (Å²) in [7, 11) is 0. The van der Waals surface area contributed by atoms with E-state index >= 15 is 0 Å². The first-order valence-electron chi connectivity index (χ1n) is 8.91. The number of carbonyl (C=O) groups is 1. The van der Waals surface area contributed by atoms with Gasteiger partial charge in [-0.05, 0) is 50.5 Å². The van der Waals surface area contributed by atoms with E-state index in [9.17, 15) is 4.79 Å². The highest BCUT2D eigenvalue weighted by Crippen LogP contribution is 2.27. The van der Waals surface area contributed by atoms with Crippen molar-refractivity contribution >= 4 is 22.4 Å². The van der Waals surface area contributed by atoms with Gasteiger partial charge in [-0.15, -0.1) is 10.2 Å². The van der Waals surface area contributed by atoms with Crippen molar-refractivity contribution in [1.82, 2.24) is 10.2 Å². The molecule has 0 spiro atoms. The molecule has 0 aliphatic rings. The van der Waals surface area contributed by atoms with E-state index in [-0.39, 0.29) is 5.91 Å². The van der Waals surface area contributed by atoms with E-state index in [0.29, 0.717) is 17.3 Å². The summed E-state index contributed by atoms with van der Waals surface area (Å²) in [5, 5.41) is 12.3. The largest absolute Gasteiger partial charge is 0.481 e. The summed E-state index contributed by atoms with van der Waals surface area (Å²) in [6.45, 7) is 7.98. The quantitative estimate of drug-likeness (QED) is 0.658. The third-order valence-electron chi connectivity index (χ3n) is 4.09. The number of anilines is 1. The maximum absolute atomic E-state index is 12.6. The fourth-order valence-corrected chi connectivity index (χ4v) is 3.51. The van der Waals surface area contributed by atoms with Crippen molar-refractivity contribution in [3.05, 3.63) is 59.2 Å². The molecule has 0 aliphatic heterocycles. The lowest BCUT2D eigenvalue weighted by molar-refractivity contribution is -0.122. The summed E-state index contributed by atoms with van der Waals surface area (Å²) < 4.78 is 5.91. The Morgan fingerprint density at radius 2 is 1.70 bits per heavy atom. The van der Waals surface area contributed by atoms with Gasteiger partial charge in [-0.25, -0.2) is 0 Å². The number of aromatic nitrogens is 2. The number of benzene rings is 2. The minimum atomic E-state index is -0.585. The standard InChI is InChI=1S/C21H23N3O2S/c1-5-18(26-17-11-14(3)10-15(4)12-17)19(25)22-21-24-23-20(27-21)16-8-6-13(2)7-9-16/h6-12,18H,5H2,1-4H3,(H,22,24,25)/t18-/m1/s1. The Morgan fingerprint density at radius 1 is 1.04 bits per heavy atom. The topological polar surface area (TPSA) is 64.1 Å². The molecule has 3 aromatic rings. The maximum atomic E-state index is 12.6. The average Bonchev–Trinajstić information content (AvgIpc) is 3.07. The van der Waals surface area contributed by atoms with Gasteiger partial charge in [0.15, 0.2) is 6.10 Å². The highest BCUT2D eigenvalue weighted by Gasteiger charge is 2.20. The van der Waals surface area contributed by atoms with E-state index in [1.807, 2.05) is 64.1 Å². The second-order valence-electron chi connectivity index (χ2n) is 6.61. The fourth-order valence-electron chi connectivity index (χ4n) is 2.76. The number of hydrogen-bond acceptors (Lipinski definition) is 5. The van der Waals surface area contributed by atoms with Gasteiger partial charge in [-0.2, -0.15) is 0 Å². The molecule has 27 heavy (non-hydrogen) atoms. The highest BCUT2D eigenvalue weighted by molar-refractivity contribution is 7.18. The van der Waals surface area contributed by atoms with Gasteiger partial charge in [0, 0.05) is 5.56 Å². The van der Waals surface area contributed by atoms with Gasteiger partial charge in [-0.1, -0.05) is 54.2 Å². The van der Waals surface area contributed by atoms with Crippen LogP contribution in [-0.2, 0) is 4.79 Å². The molecule has 0 fully saturated rings. The lowest BCUT2D eigenvalue weighted by atomic mass is 10.1. The molecule has 3 rings (SSSR count). The number of ether oxygens (including phenoxy) is 1. The van der Waals surface area contributed by atoms with Crippen molar-refractivity contribution < 1.29 is 9.53 Å². The lowest BCUT2D eigenvalue weighted by Crippen LogP contribution is -2.32. The fraction of sp³-hybridized carbons (Fsp3) is 0.286. The highest BCUT2D eigenvalue weighted by atomic mass is 32.1. The van der Waals surface area contributed by atoms with Crippen LogP contribution in [0, 0.1) is 20.8 Å². The minimum Gasteiger partial charge on any atom is -0.481 e. The van der Waals surface area contributed by atoms with Crippen LogP contribution in [0.4, 0.5) is 5.13 Å². The second kappa shape index (κ2) is 8.31. The Morgan fingerprint density at radius 3 is 2.33 bits per heavy atom. The predicted octanol–water partition coefficient (Wildman–Crippen LogP) is 4.93. The Balaban J connectivity index is 1.69. The number of rotatable bonds is 6. The molecule has 5 nitrogen and oxygen atoms in total. The number of nitrogens with zero attached hydrogens (tertiary/aromatic N) is 2. The van der Waals surface area contributed by atoms with E-state index in [4.69, 9.17) is 4.74 Å². The molecule has 1 heterocycles. The molecule has 0 bridgehead atoms. The summed E-state index contributed by atoms with van der Waals surface area (Å²) in [6, 6.07) is 14.0. The zero-order valence-electron chi connectivity index (χ0n) is 15.9. The van der Waals surface area contributed by atoms with E-state index < -0.39 is 6.10 Å². The Hall–Kier alpha value is -2.73. The number of nitrogens with one attached hydrogen (secondary N) is 1. The van der Waals surface area contributed by atoms with Gasteiger partial charge < -0.3 is 4.74 Å². The van der Waals surface area contributed by atoms with Crippen molar-refractivity contribution in [2.45, 2.75) is 40.2 Å². The third-order valence-corrected chi connectivity index (χ3v) is 4.98. The molecule has 1 N–H and O–H groups in total. The summed E-state index contributed by atoms with van der Waals surface area (Å²) in [5.41, 5.74) is 4.38. The van der Waals surface area contributed by atoms with Crippen molar-refractivity contribution in [2.75, 3.05) is 5.32 Å². The van der Waals surface area contributed by atoms with Crippen LogP contribution in [0.2, 0.25) is 0 Å². The van der Waals surface area contributed by atoms with Crippen molar-refractivity contribution in [2.24, 2.45) is 0 Å². The van der Waals surface area contributed by atoms with Gasteiger partial charge in [0.1, 0.15) is 10.8 Å². The van der Waals surface area contributed by atoms with Crippen LogP contribution >= 0.6 is 11.3 Å². The zero-order valence-corrected chi connectivity index (χ0v) is 16.8. The molecule has 0 aliphatic carbocycles. The van der Waals surface area contributed by atoms with Crippen LogP contribution < -0.4 is 10.1 Å².